The largest absolute Gasteiger partial charge is 0.352 e. The van der Waals surface area contributed by atoms with Crippen LogP contribution in [-0.4, -0.2) is 4.57 Å². The predicted octanol–water partition coefficient (Wildman–Crippen LogP) is 12.1. The molecule has 3 heteroatoms. The van der Waals surface area contributed by atoms with Gasteiger partial charge in [-0.1, -0.05) is 176 Å². The van der Waals surface area contributed by atoms with Crippen LogP contribution in [0.3, 0.4) is 0 Å². The molecular weight excluding hydrogens is 655 g/mol. The topological polar surface area (TPSA) is 29.0 Å². The highest BCUT2D eigenvalue weighted by Gasteiger charge is 2.46. The minimum Gasteiger partial charge on any atom is -0.352 e. The average molecular weight is 692 g/mol. The first-order valence-electron chi connectivity index (χ1n) is 18.8. The van der Waals surface area contributed by atoms with E-state index >= 15 is 0 Å². The number of para-hydroxylation sites is 2. The van der Waals surface area contributed by atoms with Gasteiger partial charge in [0, 0.05) is 16.5 Å². The van der Waals surface area contributed by atoms with E-state index in [-0.39, 0.29) is 12.3 Å². The molecular formula is C51H37N3. The number of hydrogen-bond donors (Lipinski definition) is 2. The second-order valence-electron chi connectivity index (χ2n) is 14.6. The molecule has 3 nitrogen and oxygen atoms in total. The zero-order valence-corrected chi connectivity index (χ0v) is 29.7. The van der Waals surface area contributed by atoms with Gasteiger partial charge in [0.05, 0.1) is 22.5 Å². The third kappa shape index (κ3) is 4.52. The number of benzene rings is 8. The first kappa shape index (κ1) is 30.9. The summed E-state index contributed by atoms with van der Waals surface area (Å²) in [5.41, 5.74) is 15.7. The Morgan fingerprint density at radius 3 is 1.81 bits per heavy atom. The molecule has 1 aliphatic heterocycles. The summed E-state index contributed by atoms with van der Waals surface area (Å²) >= 11 is 0. The lowest BCUT2D eigenvalue weighted by atomic mass is 9.67. The fraction of sp³-hybridized carbons (Fsp3) is 0.0588. The van der Waals surface area contributed by atoms with E-state index in [1.54, 1.807) is 0 Å². The van der Waals surface area contributed by atoms with E-state index in [2.05, 4.69) is 215 Å². The molecule has 256 valence electrons. The van der Waals surface area contributed by atoms with E-state index in [1.807, 2.05) is 0 Å². The average Bonchev–Trinajstić information content (AvgIpc) is 3.73. The smallest absolute Gasteiger partial charge is 0.160 e. The summed E-state index contributed by atoms with van der Waals surface area (Å²) in [6, 6.07) is 73.4. The van der Waals surface area contributed by atoms with Crippen LogP contribution in [0.1, 0.15) is 45.7 Å². The molecule has 0 saturated heterocycles. The summed E-state index contributed by atoms with van der Waals surface area (Å²) in [7, 11) is 0. The number of nitrogens with zero attached hydrogens (tertiary/aromatic N) is 1. The minimum atomic E-state index is -0.479. The molecule has 9 aromatic rings. The number of aromatic nitrogens is 1. The number of fused-ring (bicyclic) bond motifs is 7. The van der Waals surface area contributed by atoms with Crippen molar-refractivity contribution in [1.29, 1.82) is 0 Å². The number of hydrogen-bond acceptors (Lipinski definition) is 2. The Balaban J connectivity index is 1.14. The summed E-state index contributed by atoms with van der Waals surface area (Å²) in [6.07, 6.45) is -0.217. The SMILES string of the molecule is c1ccc(-c2ccc(C3NC(n4c5ccccc5c5cc6c(cc54)C(c4ccccc4)(c4ccccc4)c4ccccc4-6)Nc4ccccc43)cc2)cc1. The summed E-state index contributed by atoms with van der Waals surface area (Å²) in [6.45, 7) is 0. The Morgan fingerprint density at radius 1 is 0.444 bits per heavy atom. The second kappa shape index (κ2) is 12.2. The van der Waals surface area contributed by atoms with Gasteiger partial charge in [0.25, 0.3) is 0 Å². The lowest BCUT2D eigenvalue weighted by Crippen LogP contribution is -2.40. The van der Waals surface area contributed by atoms with Crippen molar-refractivity contribution in [3.05, 3.63) is 234 Å². The van der Waals surface area contributed by atoms with Crippen LogP contribution in [0.5, 0.6) is 0 Å². The van der Waals surface area contributed by atoms with Crippen LogP contribution >= 0.6 is 0 Å². The molecule has 2 atom stereocenters. The van der Waals surface area contributed by atoms with Gasteiger partial charge in [0.1, 0.15) is 0 Å². The van der Waals surface area contributed by atoms with E-state index < -0.39 is 5.41 Å². The molecule has 0 fully saturated rings. The Hall–Kier alpha value is -6.68. The lowest BCUT2D eigenvalue weighted by molar-refractivity contribution is 0.417. The molecule has 54 heavy (non-hydrogen) atoms. The maximum absolute atomic E-state index is 4.09. The van der Waals surface area contributed by atoms with Crippen LogP contribution in [0.15, 0.2) is 200 Å². The van der Waals surface area contributed by atoms with Gasteiger partial charge in [0.2, 0.25) is 0 Å². The summed E-state index contributed by atoms with van der Waals surface area (Å²) in [5.74, 6) is 0. The van der Waals surface area contributed by atoms with Gasteiger partial charge in [0.15, 0.2) is 6.29 Å². The third-order valence-electron chi connectivity index (χ3n) is 11.8. The Kier molecular flexibility index (Phi) is 6.98. The Morgan fingerprint density at radius 2 is 1.06 bits per heavy atom. The van der Waals surface area contributed by atoms with Gasteiger partial charge < -0.3 is 9.88 Å². The molecule has 0 bridgehead atoms. The highest BCUT2D eigenvalue weighted by atomic mass is 15.3. The zero-order valence-electron chi connectivity index (χ0n) is 29.7. The molecule has 0 saturated carbocycles. The number of rotatable bonds is 5. The molecule has 0 radical (unpaired) electrons. The van der Waals surface area contributed by atoms with Crippen LogP contribution in [0.4, 0.5) is 5.69 Å². The first-order chi connectivity index (χ1) is 26.8. The third-order valence-corrected chi connectivity index (χ3v) is 11.8. The van der Waals surface area contributed by atoms with Crippen molar-refractivity contribution >= 4 is 27.5 Å². The molecule has 0 spiro atoms. The van der Waals surface area contributed by atoms with Crippen LogP contribution in [0.25, 0.3) is 44.1 Å². The maximum Gasteiger partial charge on any atom is 0.160 e. The molecule has 2 heterocycles. The molecule has 2 unspecified atom stereocenters. The zero-order chi connectivity index (χ0) is 35.6. The summed E-state index contributed by atoms with van der Waals surface area (Å²) in [4.78, 5) is 0. The normalized spacial score (nSPS) is 16.7. The van der Waals surface area contributed by atoms with Crippen molar-refractivity contribution in [3.8, 4) is 22.3 Å². The van der Waals surface area contributed by atoms with Gasteiger partial charge in [-0.25, -0.2) is 0 Å². The van der Waals surface area contributed by atoms with Crippen molar-refractivity contribution in [2.45, 2.75) is 17.7 Å². The monoisotopic (exact) mass is 691 g/mol. The van der Waals surface area contributed by atoms with Gasteiger partial charge in [-0.2, -0.15) is 0 Å². The van der Waals surface area contributed by atoms with Crippen LogP contribution in [0.2, 0.25) is 0 Å². The molecule has 8 aromatic carbocycles. The first-order valence-corrected chi connectivity index (χ1v) is 18.8. The molecule has 1 aromatic heterocycles. The van der Waals surface area contributed by atoms with Gasteiger partial charge in [-0.3, -0.25) is 5.32 Å². The van der Waals surface area contributed by atoms with Gasteiger partial charge in [-0.15, -0.1) is 0 Å². The summed E-state index contributed by atoms with van der Waals surface area (Å²) in [5, 5.41) is 10.5. The fourth-order valence-corrected chi connectivity index (χ4v) is 9.44. The number of anilines is 1. The molecule has 2 N–H and O–H groups in total. The molecule has 1 aliphatic carbocycles. The van der Waals surface area contributed by atoms with Crippen molar-refractivity contribution in [2.75, 3.05) is 5.32 Å². The lowest BCUT2D eigenvalue weighted by Gasteiger charge is -2.37. The molecule has 11 rings (SSSR count). The highest BCUT2D eigenvalue weighted by Crippen LogP contribution is 2.57. The molecule has 2 aliphatic rings. The Labute approximate surface area is 315 Å². The Bertz CT molecular complexity index is 2780. The fourth-order valence-electron chi connectivity index (χ4n) is 9.44. The van der Waals surface area contributed by atoms with E-state index in [4.69, 9.17) is 0 Å². The van der Waals surface area contributed by atoms with Crippen LogP contribution < -0.4 is 10.6 Å². The highest BCUT2D eigenvalue weighted by molar-refractivity contribution is 6.11. The maximum atomic E-state index is 4.09. The van der Waals surface area contributed by atoms with E-state index in [9.17, 15) is 0 Å². The molecule has 0 amide bonds. The van der Waals surface area contributed by atoms with Crippen LogP contribution in [0, 0.1) is 0 Å². The summed E-state index contributed by atoms with van der Waals surface area (Å²) < 4.78 is 2.50. The van der Waals surface area contributed by atoms with E-state index in [0.717, 1.165) is 5.69 Å². The van der Waals surface area contributed by atoms with Crippen molar-refractivity contribution in [3.63, 3.8) is 0 Å². The second-order valence-corrected chi connectivity index (χ2v) is 14.6. The predicted molar refractivity (Wildman–Crippen MR) is 223 cm³/mol. The van der Waals surface area contributed by atoms with Crippen molar-refractivity contribution in [2.24, 2.45) is 0 Å². The van der Waals surface area contributed by atoms with E-state index in [1.165, 1.54) is 77.4 Å². The van der Waals surface area contributed by atoms with E-state index in [0.29, 0.717) is 0 Å². The number of nitrogens with one attached hydrogen (secondary N) is 2. The van der Waals surface area contributed by atoms with Crippen molar-refractivity contribution < 1.29 is 0 Å². The standard InChI is InChI=1S/C51H37N3/c1-4-16-34(17-5-1)35-28-30-36(31-29-35)49-41-24-11-14-26-46(41)52-50(53-49)54-47-27-15-12-23-40(47)43-32-42-39-22-10-13-25-44(39)51(45(42)33-48(43)54,37-18-6-2-7-19-37)38-20-8-3-9-21-38/h1-33,49-50,52-53H. The van der Waals surface area contributed by atoms with Crippen LogP contribution in [-0.2, 0) is 5.41 Å². The van der Waals surface area contributed by atoms with Crippen molar-refractivity contribution in [1.82, 2.24) is 9.88 Å². The minimum absolute atomic E-state index is 0.0140. The quantitative estimate of drug-likeness (QED) is 0.188. The van der Waals surface area contributed by atoms with Gasteiger partial charge >= 0.3 is 0 Å². The van der Waals surface area contributed by atoms with Gasteiger partial charge in [-0.05, 0) is 79.9 Å².